The van der Waals surface area contributed by atoms with E-state index < -0.39 is 17.6 Å². The molecule has 1 unspecified atom stereocenters. The lowest BCUT2D eigenvalue weighted by Gasteiger charge is -2.18. The van der Waals surface area contributed by atoms with Crippen LogP contribution < -0.4 is 15.4 Å². The maximum atomic E-state index is 13.9. The first kappa shape index (κ1) is 25.6. The highest BCUT2D eigenvalue weighted by Crippen LogP contribution is 2.29. The molecule has 162 valence electrons. The number of nitrogens with zero attached hydrogens (tertiary/aromatic N) is 1. The second kappa shape index (κ2) is 11.6. The van der Waals surface area contributed by atoms with Gasteiger partial charge in [-0.15, -0.1) is 24.0 Å². The monoisotopic (exact) mass is 535 g/mol. The van der Waals surface area contributed by atoms with Crippen LogP contribution in [0.4, 0.5) is 17.6 Å². The fraction of sp³-hybridized carbons (Fsp3) is 0.286. The van der Waals surface area contributed by atoms with E-state index in [9.17, 15) is 17.6 Å². The summed E-state index contributed by atoms with van der Waals surface area (Å²) in [7, 11) is 2.96. The molecule has 0 aliphatic rings. The Morgan fingerprint density at radius 3 is 2.53 bits per heavy atom. The van der Waals surface area contributed by atoms with Crippen LogP contribution in [0.3, 0.4) is 0 Å². The summed E-state index contributed by atoms with van der Waals surface area (Å²) in [5.41, 5.74) is 0.225. The third kappa shape index (κ3) is 7.40. The Hall–Kier alpha value is -2.48. The highest BCUT2D eigenvalue weighted by atomic mass is 127. The third-order valence-corrected chi connectivity index (χ3v) is 4.02. The van der Waals surface area contributed by atoms with Crippen LogP contribution in [0, 0.1) is 17.7 Å². The lowest BCUT2D eigenvalue weighted by atomic mass is 10.1. The summed E-state index contributed by atoms with van der Waals surface area (Å²) in [6.45, 7) is 2.00. The van der Waals surface area contributed by atoms with Crippen LogP contribution in [0.25, 0.3) is 0 Å². The zero-order valence-electron chi connectivity index (χ0n) is 16.6. The molecule has 0 saturated heterocycles. The third-order valence-electron chi connectivity index (χ3n) is 4.02. The predicted molar refractivity (Wildman–Crippen MR) is 120 cm³/mol. The fourth-order valence-electron chi connectivity index (χ4n) is 2.48. The molecule has 0 bridgehead atoms. The van der Waals surface area contributed by atoms with Crippen LogP contribution in [-0.2, 0) is 6.18 Å². The molecule has 2 rings (SSSR count). The van der Waals surface area contributed by atoms with Gasteiger partial charge in [-0.3, -0.25) is 4.99 Å². The molecule has 0 amide bonds. The van der Waals surface area contributed by atoms with Gasteiger partial charge < -0.3 is 15.4 Å². The second-order valence-electron chi connectivity index (χ2n) is 6.07. The Kier molecular flexibility index (Phi) is 9.92. The van der Waals surface area contributed by atoms with Crippen molar-refractivity contribution in [2.24, 2.45) is 4.99 Å². The number of nitrogens with one attached hydrogen (secondary N) is 2. The van der Waals surface area contributed by atoms with E-state index in [-0.39, 0.29) is 47.9 Å². The number of ether oxygens (including phenoxy) is 1. The molecule has 2 aromatic rings. The molecular weight excluding hydrogens is 513 g/mol. The van der Waals surface area contributed by atoms with Gasteiger partial charge in [-0.2, -0.15) is 13.2 Å². The molecule has 0 aromatic heterocycles. The second-order valence-corrected chi connectivity index (χ2v) is 6.07. The van der Waals surface area contributed by atoms with Crippen molar-refractivity contribution < 1.29 is 22.3 Å². The summed E-state index contributed by atoms with van der Waals surface area (Å²) in [6, 6.07) is 9.22. The molecule has 2 N–H and O–H groups in total. The summed E-state index contributed by atoms with van der Waals surface area (Å²) in [5.74, 6) is 5.56. The van der Waals surface area contributed by atoms with Gasteiger partial charge in [-0.05, 0) is 42.8 Å². The number of halogens is 5. The highest BCUT2D eigenvalue weighted by molar-refractivity contribution is 14.0. The summed E-state index contributed by atoms with van der Waals surface area (Å²) >= 11 is 0. The minimum Gasteiger partial charge on any atom is -0.494 e. The van der Waals surface area contributed by atoms with Crippen LogP contribution in [0.5, 0.6) is 5.75 Å². The minimum absolute atomic E-state index is 0. The highest BCUT2D eigenvalue weighted by Gasteiger charge is 2.30. The molecular formula is C21H22F4IN3O. The number of hydrogen-bond acceptors (Lipinski definition) is 2. The quantitative estimate of drug-likeness (QED) is 0.196. The van der Waals surface area contributed by atoms with Crippen molar-refractivity contribution in [2.45, 2.75) is 19.1 Å². The van der Waals surface area contributed by atoms with Gasteiger partial charge in [0.15, 0.2) is 17.5 Å². The van der Waals surface area contributed by atoms with E-state index in [0.29, 0.717) is 11.5 Å². The van der Waals surface area contributed by atoms with Crippen LogP contribution in [0.1, 0.15) is 29.7 Å². The molecule has 9 heteroatoms. The van der Waals surface area contributed by atoms with Gasteiger partial charge in [-0.1, -0.05) is 24.0 Å². The first-order chi connectivity index (χ1) is 13.7. The molecule has 0 fully saturated rings. The van der Waals surface area contributed by atoms with E-state index in [1.54, 1.807) is 19.2 Å². The van der Waals surface area contributed by atoms with Crippen molar-refractivity contribution in [3.05, 3.63) is 65.0 Å². The largest absolute Gasteiger partial charge is 0.494 e. The average molecular weight is 535 g/mol. The predicted octanol–water partition coefficient (Wildman–Crippen LogP) is 4.75. The zero-order chi connectivity index (χ0) is 21.4. The molecule has 0 radical (unpaired) electrons. The van der Waals surface area contributed by atoms with E-state index in [0.717, 1.165) is 12.1 Å². The molecule has 2 aromatic carbocycles. The molecule has 0 saturated carbocycles. The fourth-order valence-corrected chi connectivity index (χ4v) is 2.48. The van der Waals surface area contributed by atoms with Gasteiger partial charge in [0.2, 0.25) is 0 Å². The molecule has 30 heavy (non-hydrogen) atoms. The van der Waals surface area contributed by atoms with Gasteiger partial charge in [0.1, 0.15) is 0 Å². The minimum atomic E-state index is -4.40. The number of methoxy groups -OCH3 is 1. The van der Waals surface area contributed by atoms with Gasteiger partial charge in [0, 0.05) is 12.6 Å². The average Bonchev–Trinajstić information content (AvgIpc) is 2.69. The molecule has 0 aliphatic heterocycles. The topological polar surface area (TPSA) is 45.7 Å². The Balaban J connectivity index is 0.00000450. The van der Waals surface area contributed by atoms with Gasteiger partial charge >= 0.3 is 6.18 Å². The first-order valence-corrected chi connectivity index (χ1v) is 8.71. The van der Waals surface area contributed by atoms with E-state index in [4.69, 9.17) is 4.74 Å². The SMILES string of the molecule is CN=C(NCC#Cc1cccc(C(F)(F)F)c1)NC(C)c1ccc(OC)c(F)c1.I. The van der Waals surface area contributed by atoms with Gasteiger partial charge in [0.25, 0.3) is 0 Å². The molecule has 0 aliphatic carbocycles. The summed E-state index contributed by atoms with van der Waals surface area (Å²) in [4.78, 5) is 4.06. The number of alkyl halides is 3. The molecule has 0 spiro atoms. The van der Waals surface area contributed by atoms with E-state index in [1.807, 2.05) is 6.92 Å². The van der Waals surface area contributed by atoms with Gasteiger partial charge in [0.05, 0.1) is 25.3 Å². The lowest BCUT2D eigenvalue weighted by molar-refractivity contribution is -0.137. The number of guanidine groups is 1. The standard InChI is InChI=1S/C21H21F4N3O.HI/c1-14(16-9-10-19(29-3)18(22)13-16)28-20(26-2)27-11-5-7-15-6-4-8-17(12-15)21(23,24)25;/h4,6,8-10,12-14H,11H2,1-3H3,(H2,26,27,28);1H. The zero-order valence-corrected chi connectivity index (χ0v) is 18.9. The summed E-state index contributed by atoms with van der Waals surface area (Å²) in [5, 5.41) is 6.04. The smallest absolute Gasteiger partial charge is 0.416 e. The maximum absolute atomic E-state index is 13.9. The number of aliphatic imine (C=N–C) groups is 1. The number of hydrogen-bond donors (Lipinski definition) is 2. The number of benzene rings is 2. The Morgan fingerprint density at radius 2 is 1.93 bits per heavy atom. The van der Waals surface area contributed by atoms with Crippen LogP contribution in [0.15, 0.2) is 47.5 Å². The van der Waals surface area contributed by atoms with Crippen LogP contribution in [-0.4, -0.2) is 26.7 Å². The summed E-state index contributed by atoms with van der Waals surface area (Å²) < 4.78 is 56.9. The van der Waals surface area contributed by atoms with E-state index >= 15 is 0 Å². The van der Waals surface area contributed by atoms with Crippen molar-refractivity contribution in [2.75, 3.05) is 20.7 Å². The van der Waals surface area contributed by atoms with Crippen LogP contribution in [0.2, 0.25) is 0 Å². The Morgan fingerprint density at radius 1 is 1.20 bits per heavy atom. The molecule has 0 heterocycles. The van der Waals surface area contributed by atoms with Gasteiger partial charge in [-0.25, -0.2) is 4.39 Å². The molecule has 4 nitrogen and oxygen atoms in total. The number of rotatable bonds is 4. The molecule has 1 atom stereocenters. The van der Waals surface area contributed by atoms with Crippen LogP contribution >= 0.6 is 24.0 Å². The lowest BCUT2D eigenvalue weighted by Crippen LogP contribution is -2.38. The van der Waals surface area contributed by atoms with Crippen molar-refractivity contribution in [3.63, 3.8) is 0 Å². The van der Waals surface area contributed by atoms with Crippen molar-refractivity contribution >= 4 is 29.9 Å². The maximum Gasteiger partial charge on any atom is 0.416 e. The van der Waals surface area contributed by atoms with Crippen molar-refractivity contribution in [1.82, 2.24) is 10.6 Å². The summed E-state index contributed by atoms with van der Waals surface area (Å²) in [6.07, 6.45) is -4.40. The Labute approximate surface area is 190 Å². The van der Waals surface area contributed by atoms with E-state index in [1.165, 1.54) is 25.3 Å². The van der Waals surface area contributed by atoms with Crippen molar-refractivity contribution in [3.8, 4) is 17.6 Å². The Bertz CT molecular complexity index is 936. The van der Waals surface area contributed by atoms with E-state index in [2.05, 4.69) is 27.5 Å². The normalized spacial score (nSPS) is 12.2. The first-order valence-electron chi connectivity index (χ1n) is 8.71. The van der Waals surface area contributed by atoms with Crippen molar-refractivity contribution in [1.29, 1.82) is 0 Å².